The molecule has 18 heavy (non-hydrogen) atoms. The smallest absolute Gasteiger partial charge is 0.228 e. The van der Waals surface area contributed by atoms with E-state index in [0.717, 1.165) is 6.29 Å². The molecule has 0 spiro atoms. The summed E-state index contributed by atoms with van der Waals surface area (Å²) < 4.78 is 5.05. The maximum absolute atomic E-state index is 11.7. The quantitative estimate of drug-likeness (QED) is 0.724. The van der Waals surface area contributed by atoms with Gasteiger partial charge < -0.3 is 9.53 Å². The molecule has 0 N–H and O–H groups in total. The first kappa shape index (κ1) is 12.0. The maximum atomic E-state index is 11.7. The average Bonchev–Trinajstić information content (AvgIpc) is 2.79. The Morgan fingerprint density at radius 3 is 3.00 bits per heavy atom. The van der Waals surface area contributed by atoms with E-state index in [1.54, 1.807) is 0 Å². The van der Waals surface area contributed by atoms with Crippen molar-refractivity contribution in [1.29, 1.82) is 5.26 Å². The molecule has 1 aromatic heterocycles. The summed E-state index contributed by atoms with van der Waals surface area (Å²) in [5, 5.41) is 8.84. The molecule has 6 heteroatoms. The van der Waals surface area contributed by atoms with Crippen molar-refractivity contribution in [1.82, 2.24) is 4.98 Å². The van der Waals surface area contributed by atoms with E-state index in [0.29, 0.717) is 23.7 Å². The van der Waals surface area contributed by atoms with Crippen molar-refractivity contribution in [2.45, 2.75) is 6.42 Å². The van der Waals surface area contributed by atoms with Crippen LogP contribution in [0.1, 0.15) is 12.0 Å². The van der Waals surface area contributed by atoms with Crippen LogP contribution in [0.2, 0.25) is 0 Å². The van der Waals surface area contributed by atoms with Crippen molar-refractivity contribution in [2.75, 3.05) is 18.6 Å². The van der Waals surface area contributed by atoms with Gasteiger partial charge in [0.2, 0.25) is 5.91 Å². The number of anilines is 1. The predicted octanol–water partition coefficient (Wildman–Crippen LogP) is 0.514. The average molecular weight is 245 g/mol. The molecule has 6 nitrogen and oxygen atoms in total. The number of rotatable bonds is 3. The summed E-state index contributed by atoms with van der Waals surface area (Å²) in [6.45, 7) is 0.324. The van der Waals surface area contributed by atoms with Crippen molar-refractivity contribution in [3.63, 3.8) is 0 Å². The second-order valence-corrected chi connectivity index (χ2v) is 3.96. The molecule has 1 unspecified atom stereocenters. The van der Waals surface area contributed by atoms with E-state index in [1.807, 2.05) is 6.07 Å². The number of carbonyl (C=O) groups excluding carboxylic acids is 2. The standard InChI is InChI=1S/C12H11N3O3/c1-18-10-3-11(14-5-9(10)4-13)15-6-8(7-16)2-12(15)17/h3,5,7-8H,2,6H2,1H3. The molecule has 92 valence electrons. The van der Waals surface area contributed by atoms with Gasteiger partial charge in [-0.05, 0) is 0 Å². The third kappa shape index (κ3) is 2.02. The van der Waals surface area contributed by atoms with E-state index in [9.17, 15) is 9.59 Å². The number of ether oxygens (including phenoxy) is 1. The van der Waals surface area contributed by atoms with Gasteiger partial charge in [0.05, 0.1) is 13.3 Å². The molecule has 0 saturated carbocycles. The van der Waals surface area contributed by atoms with Crippen LogP contribution in [-0.4, -0.2) is 30.8 Å². The number of nitrogens with zero attached hydrogens (tertiary/aromatic N) is 3. The zero-order valence-electron chi connectivity index (χ0n) is 9.79. The summed E-state index contributed by atoms with van der Waals surface area (Å²) in [5.41, 5.74) is 0.305. The van der Waals surface area contributed by atoms with Gasteiger partial charge in [-0.1, -0.05) is 0 Å². The van der Waals surface area contributed by atoms with Gasteiger partial charge in [-0.2, -0.15) is 5.26 Å². The van der Waals surface area contributed by atoms with Crippen LogP contribution in [0.4, 0.5) is 5.82 Å². The zero-order chi connectivity index (χ0) is 13.1. The first-order valence-corrected chi connectivity index (χ1v) is 5.39. The molecule has 1 fully saturated rings. The summed E-state index contributed by atoms with van der Waals surface area (Å²) >= 11 is 0. The second kappa shape index (κ2) is 4.84. The molecule has 0 aliphatic carbocycles. The molecule has 1 amide bonds. The lowest BCUT2D eigenvalue weighted by Crippen LogP contribution is -2.25. The van der Waals surface area contributed by atoms with Gasteiger partial charge in [-0.15, -0.1) is 0 Å². The van der Waals surface area contributed by atoms with Crippen LogP contribution in [0.25, 0.3) is 0 Å². The number of methoxy groups -OCH3 is 1. The Kier molecular flexibility index (Phi) is 3.24. The van der Waals surface area contributed by atoms with Gasteiger partial charge >= 0.3 is 0 Å². The van der Waals surface area contributed by atoms with Crippen molar-refractivity contribution < 1.29 is 14.3 Å². The molecular formula is C12H11N3O3. The maximum Gasteiger partial charge on any atom is 0.228 e. The molecule has 2 heterocycles. The lowest BCUT2D eigenvalue weighted by molar-refractivity contribution is -0.119. The Bertz CT molecular complexity index is 536. The first-order valence-electron chi connectivity index (χ1n) is 5.39. The number of aldehydes is 1. The van der Waals surface area contributed by atoms with E-state index in [2.05, 4.69) is 4.98 Å². The van der Waals surface area contributed by atoms with Crippen LogP contribution in [0.5, 0.6) is 5.75 Å². The fourth-order valence-electron chi connectivity index (χ4n) is 1.87. The van der Waals surface area contributed by atoms with Crippen molar-refractivity contribution in [3.05, 3.63) is 17.8 Å². The number of hydrogen-bond donors (Lipinski definition) is 0. The number of amides is 1. The van der Waals surface area contributed by atoms with Gasteiger partial charge in [0.1, 0.15) is 29.5 Å². The van der Waals surface area contributed by atoms with Crippen LogP contribution >= 0.6 is 0 Å². The minimum atomic E-state index is -0.291. The number of aromatic nitrogens is 1. The third-order valence-electron chi connectivity index (χ3n) is 2.82. The fraction of sp³-hybridized carbons (Fsp3) is 0.333. The second-order valence-electron chi connectivity index (χ2n) is 3.96. The summed E-state index contributed by atoms with van der Waals surface area (Å²) in [7, 11) is 1.44. The summed E-state index contributed by atoms with van der Waals surface area (Å²) in [6.07, 6.45) is 2.34. The molecule has 1 aliphatic heterocycles. The van der Waals surface area contributed by atoms with Gasteiger partial charge in [0, 0.05) is 24.9 Å². The first-order chi connectivity index (χ1) is 8.69. The molecule has 2 rings (SSSR count). The van der Waals surface area contributed by atoms with E-state index in [1.165, 1.54) is 24.3 Å². The van der Waals surface area contributed by atoms with Crippen LogP contribution in [0.3, 0.4) is 0 Å². The molecule has 1 saturated heterocycles. The number of hydrogen-bond acceptors (Lipinski definition) is 5. The number of carbonyl (C=O) groups is 2. The normalized spacial score (nSPS) is 18.6. The molecule has 0 radical (unpaired) electrons. The SMILES string of the molecule is COc1cc(N2CC(C=O)CC2=O)ncc1C#N. The van der Waals surface area contributed by atoms with Gasteiger partial charge in [-0.25, -0.2) is 4.98 Å². The van der Waals surface area contributed by atoms with E-state index >= 15 is 0 Å². The van der Waals surface area contributed by atoms with E-state index < -0.39 is 0 Å². The Hall–Kier alpha value is -2.42. The minimum absolute atomic E-state index is 0.147. The molecule has 1 atom stereocenters. The monoisotopic (exact) mass is 245 g/mol. The highest BCUT2D eigenvalue weighted by Gasteiger charge is 2.31. The largest absolute Gasteiger partial charge is 0.495 e. The lowest BCUT2D eigenvalue weighted by Gasteiger charge is -2.15. The van der Waals surface area contributed by atoms with E-state index in [4.69, 9.17) is 10.00 Å². The highest BCUT2D eigenvalue weighted by Crippen LogP contribution is 2.27. The van der Waals surface area contributed by atoms with Gasteiger partial charge in [0.15, 0.2) is 0 Å². The Morgan fingerprint density at radius 2 is 2.44 bits per heavy atom. The molecule has 1 aliphatic rings. The van der Waals surface area contributed by atoms with Crippen LogP contribution in [0, 0.1) is 17.2 Å². The minimum Gasteiger partial charge on any atom is -0.495 e. The van der Waals surface area contributed by atoms with Crippen molar-refractivity contribution in [2.24, 2.45) is 5.92 Å². The Labute approximate surface area is 104 Å². The molecule has 1 aromatic rings. The van der Waals surface area contributed by atoms with Crippen molar-refractivity contribution in [3.8, 4) is 11.8 Å². The van der Waals surface area contributed by atoms with E-state index in [-0.39, 0.29) is 18.2 Å². The lowest BCUT2D eigenvalue weighted by atomic mass is 10.1. The zero-order valence-corrected chi connectivity index (χ0v) is 9.79. The highest BCUT2D eigenvalue weighted by molar-refractivity contribution is 5.97. The highest BCUT2D eigenvalue weighted by atomic mass is 16.5. The molecule has 0 aromatic carbocycles. The Morgan fingerprint density at radius 1 is 1.67 bits per heavy atom. The number of pyridine rings is 1. The molecular weight excluding hydrogens is 234 g/mol. The van der Waals surface area contributed by atoms with Crippen molar-refractivity contribution >= 4 is 18.0 Å². The third-order valence-corrected chi connectivity index (χ3v) is 2.82. The number of nitriles is 1. The van der Waals surface area contributed by atoms with Crippen LogP contribution in [0.15, 0.2) is 12.3 Å². The predicted molar refractivity (Wildman–Crippen MR) is 62.0 cm³/mol. The fourth-order valence-corrected chi connectivity index (χ4v) is 1.87. The molecule has 0 bridgehead atoms. The Balaban J connectivity index is 2.32. The summed E-state index contributed by atoms with van der Waals surface area (Å²) in [4.78, 5) is 27.9. The van der Waals surface area contributed by atoms with Crippen LogP contribution < -0.4 is 9.64 Å². The topological polar surface area (TPSA) is 83.3 Å². The van der Waals surface area contributed by atoms with Crippen LogP contribution in [-0.2, 0) is 9.59 Å². The van der Waals surface area contributed by atoms with Gasteiger partial charge in [0.25, 0.3) is 0 Å². The summed E-state index contributed by atoms with van der Waals surface area (Å²) in [5.74, 6) is 0.331. The summed E-state index contributed by atoms with van der Waals surface area (Å²) in [6, 6.07) is 3.48. The van der Waals surface area contributed by atoms with Gasteiger partial charge in [-0.3, -0.25) is 9.69 Å².